The van der Waals surface area contributed by atoms with Gasteiger partial charge in [0.2, 0.25) is 0 Å². The molecule has 0 bridgehead atoms. The summed E-state index contributed by atoms with van der Waals surface area (Å²) in [5.41, 5.74) is -3.31. The summed E-state index contributed by atoms with van der Waals surface area (Å²) in [6, 6.07) is 0. The Labute approximate surface area is 99.5 Å². The Kier molecular flexibility index (Phi) is 4.31. The Hall–Kier alpha value is -1.14. The lowest BCUT2D eigenvalue weighted by molar-refractivity contribution is 0.0488. The Morgan fingerprint density at radius 1 is 1.18 bits per heavy atom. The smallest absolute Gasteiger partial charge is 0.445 e. The summed E-state index contributed by atoms with van der Waals surface area (Å²) in [5.74, 6) is 0. The van der Waals surface area contributed by atoms with E-state index in [4.69, 9.17) is 4.74 Å². The SMILES string of the molecule is C=C([B-](F)(F)F)C(C)(C)NC(=O)OC(C)(C)C. The highest BCUT2D eigenvalue weighted by atomic mass is 19.4. The first-order valence-electron chi connectivity index (χ1n) is 5.16. The van der Waals surface area contributed by atoms with Crippen molar-refractivity contribution >= 4 is 13.1 Å². The van der Waals surface area contributed by atoms with Gasteiger partial charge in [-0.15, -0.1) is 12.1 Å². The molecule has 0 aromatic rings. The van der Waals surface area contributed by atoms with Gasteiger partial charge < -0.3 is 23.0 Å². The molecule has 0 heterocycles. The molecular formula is C10H18BF3NO2-. The zero-order valence-corrected chi connectivity index (χ0v) is 10.7. The van der Waals surface area contributed by atoms with Gasteiger partial charge in [0.15, 0.2) is 0 Å². The minimum atomic E-state index is -5.20. The van der Waals surface area contributed by atoms with Crippen molar-refractivity contribution in [2.75, 3.05) is 0 Å². The summed E-state index contributed by atoms with van der Waals surface area (Å²) in [6.45, 7) is 5.12. The lowest BCUT2D eigenvalue weighted by Gasteiger charge is -2.35. The third-order valence-electron chi connectivity index (χ3n) is 2.01. The van der Waals surface area contributed by atoms with E-state index in [1.54, 1.807) is 20.8 Å². The minimum absolute atomic E-state index is 0.759. The molecule has 0 radical (unpaired) electrons. The van der Waals surface area contributed by atoms with Crippen LogP contribution in [0.25, 0.3) is 0 Å². The number of halogens is 3. The van der Waals surface area contributed by atoms with Crippen molar-refractivity contribution in [3.05, 3.63) is 12.1 Å². The van der Waals surface area contributed by atoms with Crippen molar-refractivity contribution in [1.82, 2.24) is 5.32 Å². The number of hydrogen-bond acceptors (Lipinski definition) is 2. The maximum atomic E-state index is 12.5. The van der Waals surface area contributed by atoms with Crippen LogP contribution in [0.3, 0.4) is 0 Å². The highest BCUT2D eigenvalue weighted by Gasteiger charge is 2.38. The van der Waals surface area contributed by atoms with Crippen LogP contribution in [0.5, 0.6) is 0 Å². The Balaban J connectivity index is 4.67. The van der Waals surface area contributed by atoms with Crippen molar-refractivity contribution in [2.45, 2.75) is 45.8 Å². The number of amides is 1. The normalized spacial score (nSPS) is 13.2. The number of rotatable bonds is 3. The maximum Gasteiger partial charge on any atom is 0.507 e. The Bertz CT molecular complexity index is 318. The molecule has 0 atom stereocenters. The van der Waals surface area contributed by atoms with Crippen molar-refractivity contribution < 1.29 is 22.5 Å². The van der Waals surface area contributed by atoms with E-state index in [1.165, 1.54) is 13.8 Å². The maximum absolute atomic E-state index is 12.5. The molecule has 1 N–H and O–H groups in total. The number of ether oxygens (including phenoxy) is 1. The molecule has 0 spiro atoms. The zero-order valence-electron chi connectivity index (χ0n) is 10.7. The van der Waals surface area contributed by atoms with E-state index in [9.17, 15) is 17.7 Å². The monoisotopic (exact) mass is 252 g/mol. The molecular weight excluding hydrogens is 234 g/mol. The lowest BCUT2D eigenvalue weighted by atomic mass is 9.70. The predicted molar refractivity (Wildman–Crippen MR) is 61.7 cm³/mol. The number of alkyl carbamates (subject to hydrolysis) is 1. The predicted octanol–water partition coefficient (Wildman–Crippen LogP) is 3.23. The molecule has 0 aliphatic rings. The molecule has 3 nitrogen and oxygen atoms in total. The van der Waals surface area contributed by atoms with Gasteiger partial charge in [-0.1, -0.05) is 0 Å². The second-order valence-electron chi connectivity index (χ2n) is 5.35. The Morgan fingerprint density at radius 2 is 1.59 bits per heavy atom. The first-order chi connectivity index (χ1) is 7.26. The molecule has 0 aliphatic heterocycles. The molecule has 0 aliphatic carbocycles. The molecule has 17 heavy (non-hydrogen) atoms. The van der Waals surface area contributed by atoms with Crippen LogP contribution in [0.4, 0.5) is 17.7 Å². The second-order valence-corrected chi connectivity index (χ2v) is 5.35. The van der Waals surface area contributed by atoms with E-state index < -0.39 is 29.7 Å². The topological polar surface area (TPSA) is 38.3 Å². The molecule has 0 saturated carbocycles. The fourth-order valence-electron chi connectivity index (χ4n) is 1.05. The van der Waals surface area contributed by atoms with Crippen molar-refractivity contribution in [1.29, 1.82) is 0 Å². The zero-order chi connectivity index (χ0) is 14.1. The first kappa shape index (κ1) is 15.9. The summed E-state index contributed by atoms with van der Waals surface area (Å²) in [5, 5.41) is 2.15. The highest BCUT2D eigenvalue weighted by Crippen LogP contribution is 2.28. The van der Waals surface area contributed by atoms with Gasteiger partial charge in [-0.05, 0) is 34.6 Å². The first-order valence-corrected chi connectivity index (χ1v) is 5.16. The van der Waals surface area contributed by atoms with Crippen LogP contribution in [0, 0.1) is 0 Å². The van der Waals surface area contributed by atoms with Crippen molar-refractivity contribution in [3.63, 3.8) is 0 Å². The summed E-state index contributed by atoms with van der Waals surface area (Å²) >= 11 is 0. The van der Waals surface area contributed by atoms with Gasteiger partial charge in [-0.3, -0.25) is 0 Å². The molecule has 0 fully saturated rings. The third-order valence-corrected chi connectivity index (χ3v) is 2.01. The molecule has 1 amide bonds. The number of carbonyl (C=O) groups is 1. The molecule has 100 valence electrons. The second kappa shape index (κ2) is 4.62. The number of hydrogen-bond donors (Lipinski definition) is 1. The molecule has 0 saturated heterocycles. The average molecular weight is 252 g/mol. The van der Waals surface area contributed by atoms with Crippen LogP contribution in [0.2, 0.25) is 0 Å². The van der Waals surface area contributed by atoms with E-state index >= 15 is 0 Å². The largest absolute Gasteiger partial charge is 0.507 e. The number of nitrogens with one attached hydrogen (secondary N) is 1. The quantitative estimate of drug-likeness (QED) is 0.783. The highest BCUT2D eigenvalue weighted by molar-refractivity contribution is 6.67. The molecule has 0 aromatic carbocycles. The molecule has 7 heteroatoms. The Morgan fingerprint density at radius 3 is 1.88 bits per heavy atom. The van der Waals surface area contributed by atoms with E-state index in [0.29, 0.717) is 0 Å². The van der Waals surface area contributed by atoms with E-state index in [1.807, 2.05) is 0 Å². The van der Waals surface area contributed by atoms with Crippen LogP contribution in [-0.2, 0) is 4.74 Å². The fraction of sp³-hybridized carbons (Fsp3) is 0.700. The van der Waals surface area contributed by atoms with Gasteiger partial charge in [0, 0.05) is 5.54 Å². The standard InChI is InChI=1S/C10H18BF3NO2/c1-7(11(12,13)14)10(5,6)15-8(16)17-9(2,3)4/h1H2,2-6H3,(H,15,16)/q-1. The van der Waals surface area contributed by atoms with Gasteiger partial charge in [0.25, 0.3) is 0 Å². The number of carbonyl (C=O) groups excluding carboxylic acids is 1. The summed E-state index contributed by atoms with van der Waals surface area (Å²) in [4.78, 5) is 11.4. The fourth-order valence-corrected chi connectivity index (χ4v) is 1.05. The van der Waals surface area contributed by atoms with Gasteiger partial charge in [-0.25, -0.2) is 4.79 Å². The van der Waals surface area contributed by atoms with Gasteiger partial charge in [-0.2, -0.15) is 0 Å². The van der Waals surface area contributed by atoms with Gasteiger partial charge in [0.05, 0.1) is 0 Å². The van der Waals surface area contributed by atoms with Gasteiger partial charge in [0.1, 0.15) is 5.60 Å². The van der Waals surface area contributed by atoms with E-state index in [0.717, 1.165) is 0 Å². The van der Waals surface area contributed by atoms with Crippen LogP contribution >= 0.6 is 0 Å². The van der Waals surface area contributed by atoms with Crippen molar-refractivity contribution in [2.24, 2.45) is 0 Å². The summed E-state index contributed by atoms with van der Waals surface area (Å²) < 4.78 is 42.4. The summed E-state index contributed by atoms with van der Waals surface area (Å²) in [7, 11) is 0. The molecule has 0 rings (SSSR count). The van der Waals surface area contributed by atoms with E-state index in [-0.39, 0.29) is 0 Å². The van der Waals surface area contributed by atoms with Crippen LogP contribution in [-0.4, -0.2) is 24.2 Å². The van der Waals surface area contributed by atoms with Crippen LogP contribution < -0.4 is 5.32 Å². The molecule has 0 aromatic heterocycles. The molecule has 0 unspecified atom stereocenters. The van der Waals surface area contributed by atoms with Crippen LogP contribution in [0.1, 0.15) is 34.6 Å². The van der Waals surface area contributed by atoms with Crippen molar-refractivity contribution in [3.8, 4) is 0 Å². The third kappa shape index (κ3) is 5.65. The van der Waals surface area contributed by atoms with Crippen LogP contribution in [0.15, 0.2) is 12.1 Å². The van der Waals surface area contributed by atoms with Gasteiger partial charge >= 0.3 is 13.1 Å². The summed E-state index contributed by atoms with van der Waals surface area (Å²) in [6.07, 6.45) is -0.899. The minimum Gasteiger partial charge on any atom is -0.445 e. The van der Waals surface area contributed by atoms with E-state index in [2.05, 4.69) is 11.9 Å². The average Bonchev–Trinajstić information content (AvgIpc) is 1.95. The lowest BCUT2D eigenvalue weighted by Crippen LogP contribution is -2.51.